The van der Waals surface area contributed by atoms with Crippen LogP contribution in [0, 0.1) is 0 Å². The lowest BCUT2D eigenvalue weighted by molar-refractivity contribution is -0.134. The molecule has 27 heavy (non-hydrogen) atoms. The number of halogens is 1. The molecule has 2 aromatic carbocycles. The Morgan fingerprint density at radius 1 is 1.22 bits per heavy atom. The maximum Gasteiger partial charge on any atom is 0.261 e. The van der Waals surface area contributed by atoms with Crippen molar-refractivity contribution >= 4 is 17.5 Å². The average molecular weight is 384 g/mol. The number of rotatable bonds is 5. The van der Waals surface area contributed by atoms with Crippen molar-refractivity contribution in [2.45, 2.75) is 18.9 Å². The smallest absolute Gasteiger partial charge is 0.261 e. The standard InChI is InChI=1S/C20H18ClN3O3/c21-15-7-4-6-14(12-15)19-22-20(27-23-19)17-10-5-11-24(17)18(25)13-26-16-8-2-1-3-9-16/h1-4,6-9,12,17H,5,10-11,13H2. The highest BCUT2D eigenvalue weighted by molar-refractivity contribution is 6.30. The molecule has 1 unspecified atom stereocenters. The summed E-state index contributed by atoms with van der Waals surface area (Å²) < 4.78 is 11.0. The molecule has 1 saturated heterocycles. The van der Waals surface area contributed by atoms with E-state index in [0.29, 0.717) is 29.0 Å². The van der Waals surface area contributed by atoms with Crippen molar-refractivity contribution in [1.29, 1.82) is 0 Å². The quantitative estimate of drug-likeness (QED) is 0.662. The fourth-order valence-electron chi connectivity index (χ4n) is 3.18. The number of carbonyl (C=O) groups excluding carboxylic acids is 1. The molecule has 0 radical (unpaired) electrons. The van der Waals surface area contributed by atoms with Crippen molar-refractivity contribution in [3.63, 3.8) is 0 Å². The summed E-state index contributed by atoms with van der Waals surface area (Å²) in [5, 5.41) is 4.65. The first-order valence-electron chi connectivity index (χ1n) is 8.77. The summed E-state index contributed by atoms with van der Waals surface area (Å²) in [6, 6.07) is 16.3. The largest absolute Gasteiger partial charge is 0.484 e. The first kappa shape index (κ1) is 17.5. The van der Waals surface area contributed by atoms with E-state index in [2.05, 4.69) is 10.1 Å². The van der Waals surface area contributed by atoms with Crippen LogP contribution in [0.15, 0.2) is 59.1 Å². The topological polar surface area (TPSA) is 68.5 Å². The summed E-state index contributed by atoms with van der Waals surface area (Å²) in [7, 11) is 0. The van der Waals surface area contributed by atoms with E-state index in [9.17, 15) is 4.79 Å². The van der Waals surface area contributed by atoms with Gasteiger partial charge in [0.15, 0.2) is 6.61 Å². The normalized spacial score (nSPS) is 16.5. The van der Waals surface area contributed by atoms with Crippen LogP contribution in [0.4, 0.5) is 0 Å². The number of amides is 1. The van der Waals surface area contributed by atoms with Gasteiger partial charge < -0.3 is 14.2 Å². The fourth-order valence-corrected chi connectivity index (χ4v) is 3.37. The van der Waals surface area contributed by atoms with Gasteiger partial charge in [0.1, 0.15) is 11.8 Å². The molecule has 6 nitrogen and oxygen atoms in total. The molecule has 1 fully saturated rings. The third kappa shape index (κ3) is 3.95. The van der Waals surface area contributed by atoms with Crippen LogP contribution in [0.1, 0.15) is 24.8 Å². The van der Waals surface area contributed by atoms with E-state index in [0.717, 1.165) is 18.4 Å². The van der Waals surface area contributed by atoms with Crippen molar-refractivity contribution in [2.24, 2.45) is 0 Å². The minimum atomic E-state index is -0.225. The van der Waals surface area contributed by atoms with Gasteiger partial charge in [-0.3, -0.25) is 4.79 Å². The number of nitrogens with zero attached hydrogens (tertiary/aromatic N) is 3. The first-order valence-corrected chi connectivity index (χ1v) is 9.15. The van der Waals surface area contributed by atoms with Gasteiger partial charge in [0.25, 0.3) is 5.91 Å². The van der Waals surface area contributed by atoms with Crippen LogP contribution in [-0.2, 0) is 4.79 Å². The SMILES string of the molecule is O=C(COc1ccccc1)N1CCCC1c1nc(-c2cccc(Cl)c2)no1. The Morgan fingerprint density at radius 2 is 2.07 bits per heavy atom. The Kier molecular flexibility index (Phi) is 5.07. The Labute approximate surface area is 161 Å². The second kappa shape index (κ2) is 7.80. The lowest BCUT2D eigenvalue weighted by Crippen LogP contribution is -2.34. The molecule has 0 N–H and O–H groups in total. The van der Waals surface area contributed by atoms with Gasteiger partial charge in [0, 0.05) is 17.1 Å². The van der Waals surface area contributed by atoms with Crippen LogP contribution in [0.25, 0.3) is 11.4 Å². The monoisotopic (exact) mass is 383 g/mol. The molecule has 1 amide bonds. The van der Waals surface area contributed by atoms with Crippen LogP contribution in [0.3, 0.4) is 0 Å². The molecule has 2 heterocycles. The van der Waals surface area contributed by atoms with Crippen molar-refractivity contribution in [1.82, 2.24) is 15.0 Å². The van der Waals surface area contributed by atoms with Crippen LogP contribution >= 0.6 is 11.6 Å². The maximum absolute atomic E-state index is 12.6. The molecule has 3 aromatic rings. The summed E-state index contributed by atoms with van der Waals surface area (Å²) in [4.78, 5) is 18.8. The number of aromatic nitrogens is 2. The van der Waals surface area contributed by atoms with E-state index in [1.165, 1.54) is 0 Å². The molecular formula is C20H18ClN3O3. The van der Waals surface area contributed by atoms with Gasteiger partial charge in [-0.15, -0.1) is 0 Å². The van der Waals surface area contributed by atoms with E-state index in [4.69, 9.17) is 20.9 Å². The Hall–Kier alpha value is -2.86. The zero-order valence-corrected chi connectivity index (χ0v) is 15.3. The first-order chi connectivity index (χ1) is 13.2. The van der Waals surface area contributed by atoms with Crippen LogP contribution in [0.5, 0.6) is 5.75 Å². The predicted octanol–water partition coefficient (Wildman–Crippen LogP) is 4.13. The van der Waals surface area contributed by atoms with Gasteiger partial charge in [-0.2, -0.15) is 4.98 Å². The molecular weight excluding hydrogens is 366 g/mol. The fraction of sp³-hybridized carbons (Fsp3) is 0.250. The van der Waals surface area contributed by atoms with E-state index in [-0.39, 0.29) is 18.6 Å². The average Bonchev–Trinajstić information content (AvgIpc) is 3.36. The molecule has 0 spiro atoms. The van der Waals surface area contributed by atoms with E-state index in [1.807, 2.05) is 42.5 Å². The molecule has 7 heteroatoms. The van der Waals surface area contributed by atoms with Crippen molar-refractivity contribution in [3.05, 3.63) is 65.5 Å². The van der Waals surface area contributed by atoms with Gasteiger partial charge in [-0.1, -0.05) is 47.1 Å². The lowest BCUT2D eigenvalue weighted by atomic mass is 10.2. The summed E-state index contributed by atoms with van der Waals surface area (Å²) in [6.45, 7) is 0.631. The molecule has 4 rings (SSSR count). The second-order valence-electron chi connectivity index (χ2n) is 6.31. The van der Waals surface area contributed by atoms with Gasteiger partial charge in [0.2, 0.25) is 11.7 Å². The third-order valence-corrected chi connectivity index (χ3v) is 4.72. The molecule has 0 bridgehead atoms. The number of para-hydroxylation sites is 1. The van der Waals surface area contributed by atoms with Crippen LogP contribution in [-0.4, -0.2) is 34.1 Å². The number of ether oxygens (including phenoxy) is 1. The van der Waals surface area contributed by atoms with E-state index in [1.54, 1.807) is 17.0 Å². The highest BCUT2D eigenvalue weighted by Crippen LogP contribution is 2.32. The van der Waals surface area contributed by atoms with Gasteiger partial charge >= 0.3 is 0 Å². The van der Waals surface area contributed by atoms with Crippen molar-refractivity contribution < 1.29 is 14.1 Å². The minimum absolute atomic E-state index is 0.0181. The van der Waals surface area contributed by atoms with Gasteiger partial charge in [-0.25, -0.2) is 0 Å². The van der Waals surface area contributed by atoms with Crippen LogP contribution in [0.2, 0.25) is 5.02 Å². The van der Waals surface area contributed by atoms with Crippen molar-refractivity contribution in [3.8, 4) is 17.1 Å². The molecule has 138 valence electrons. The number of hydrogen-bond donors (Lipinski definition) is 0. The number of benzene rings is 2. The number of carbonyl (C=O) groups is 1. The maximum atomic E-state index is 12.6. The highest BCUT2D eigenvalue weighted by Gasteiger charge is 2.34. The lowest BCUT2D eigenvalue weighted by Gasteiger charge is -2.21. The third-order valence-electron chi connectivity index (χ3n) is 4.49. The minimum Gasteiger partial charge on any atom is -0.484 e. The zero-order chi connectivity index (χ0) is 18.6. The molecule has 1 atom stereocenters. The molecule has 1 aromatic heterocycles. The van der Waals surface area contributed by atoms with E-state index < -0.39 is 0 Å². The Morgan fingerprint density at radius 3 is 2.89 bits per heavy atom. The Balaban J connectivity index is 1.46. The summed E-state index contributed by atoms with van der Waals surface area (Å²) in [5.74, 6) is 1.48. The van der Waals surface area contributed by atoms with Gasteiger partial charge in [0.05, 0.1) is 0 Å². The molecule has 0 aliphatic carbocycles. The molecule has 1 aliphatic heterocycles. The highest BCUT2D eigenvalue weighted by atomic mass is 35.5. The van der Waals surface area contributed by atoms with Crippen molar-refractivity contribution in [2.75, 3.05) is 13.2 Å². The number of likely N-dealkylation sites (tertiary alicyclic amines) is 1. The summed E-state index contributed by atoms with van der Waals surface area (Å²) in [5.41, 5.74) is 0.779. The number of hydrogen-bond acceptors (Lipinski definition) is 5. The second-order valence-corrected chi connectivity index (χ2v) is 6.75. The van der Waals surface area contributed by atoms with Crippen LogP contribution < -0.4 is 4.74 Å². The Bertz CT molecular complexity index is 929. The zero-order valence-electron chi connectivity index (χ0n) is 14.5. The van der Waals surface area contributed by atoms with Gasteiger partial charge in [-0.05, 0) is 37.1 Å². The molecule has 0 saturated carbocycles. The predicted molar refractivity (Wildman–Crippen MR) is 100 cm³/mol. The molecule has 1 aliphatic rings. The van der Waals surface area contributed by atoms with E-state index >= 15 is 0 Å². The summed E-state index contributed by atoms with van der Waals surface area (Å²) >= 11 is 6.03. The summed E-state index contributed by atoms with van der Waals surface area (Å²) in [6.07, 6.45) is 1.67.